The Kier molecular flexibility index (Phi) is 6.76. The first-order valence-corrected chi connectivity index (χ1v) is 13.5. The van der Waals surface area contributed by atoms with Crippen LogP contribution in [0.1, 0.15) is 63.5 Å². The minimum absolute atomic E-state index is 0.209. The summed E-state index contributed by atoms with van der Waals surface area (Å²) in [6, 6.07) is 3.72. The molecule has 1 aliphatic heterocycles. The quantitative estimate of drug-likeness (QED) is 0.417. The molecule has 0 fully saturated rings. The van der Waals surface area contributed by atoms with Gasteiger partial charge in [0.25, 0.3) is 0 Å². The molecule has 0 radical (unpaired) electrons. The molecule has 2 aliphatic rings. The number of aryl methyl sites for hydroxylation is 1. The topological polar surface area (TPSA) is 84.4 Å². The summed E-state index contributed by atoms with van der Waals surface area (Å²) in [7, 11) is 0. The normalized spacial score (nSPS) is 15.0. The number of nitrogens with one attached hydrogen (secondary N) is 3. The Hall–Kier alpha value is -2.62. The van der Waals surface area contributed by atoms with Gasteiger partial charge in [0.1, 0.15) is 10.0 Å². The summed E-state index contributed by atoms with van der Waals surface area (Å²) in [5.41, 5.74) is 4.08. The van der Waals surface area contributed by atoms with Crippen molar-refractivity contribution in [2.45, 2.75) is 65.1 Å². The number of anilines is 1. The summed E-state index contributed by atoms with van der Waals surface area (Å²) < 4.78 is 7.63. The average Bonchev–Trinajstić information content (AvgIpc) is 3.53. The lowest BCUT2D eigenvalue weighted by atomic mass is 9.95. The van der Waals surface area contributed by atoms with Crippen molar-refractivity contribution in [3.05, 3.63) is 56.5 Å². The molecule has 0 bridgehead atoms. The van der Waals surface area contributed by atoms with Gasteiger partial charge in [0, 0.05) is 40.8 Å². The largest absolute Gasteiger partial charge is 0.459 e. The molecule has 34 heavy (non-hydrogen) atoms. The number of thiophene rings is 2. The lowest BCUT2D eigenvalue weighted by molar-refractivity contribution is 0.0378. The van der Waals surface area contributed by atoms with Gasteiger partial charge >= 0.3 is 12.0 Å². The molecule has 180 valence electrons. The lowest BCUT2D eigenvalue weighted by Gasteiger charge is -2.16. The summed E-state index contributed by atoms with van der Waals surface area (Å²) >= 11 is 3.29. The van der Waals surface area contributed by atoms with Crippen LogP contribution in [-0.4, -0.2) is 29.2 Å². The van der Waals surface area contributed by atoms with Crippen molar-refractivity contribution in [3.8, 4) is 5.00 Å². The minimum atomic E-state index is -0.348. The van der Waals surface area contributed by atoms with Crippen LogP contribution >= 0.6 is 22.7 Å². The van der Waals surface area contributed by atoms with Gasteiger partial charge in [0.15, 0.2) is 0 Å². The van der Waals surface area contributed by atoms with E-state index in [4.69, 9.17) is 4.74 Å². The molecule has 0 spiro atoms. The zero-order chi connectivity index (χ0) is 23.7. The highest BCUT2D eigenvalue weighted by Gasteiger charge is 2.28. The van der Waals surface area contributed by atoms with Gasteiger partial charge in [0.05, 0.1) is 11.7 Å². The van der Waals surface area contributed by atoms with Crippen molar-refractivity contribution < 1.29 is 14.3 Å². The number of hydrogen-bond acceptors (Lipinski definition) is 6. The van der Waals surface area contributed by atoms with Crippen LogP contribution in [0.2, 0.25) is 0 Å². The van der Waals surface area contributed by atoms with Gasteiger partial charge in [-0.05, 0) is 75.8 Å². The maximum Gasteiger partial charge on any atom is 0.341 e. The second kappa shape index (κ2) is 9.93. The van der Waals surface area contributed by atoms with Crippen molar-refractivity contribution in [3.63, 3.8) is 0 Å². The molecule has 0 saturated heterocycles. The van der Waals surface area contributed by atoms with E-state index >= 15 is 0 Å². The zero-order valence-corrected chi connectivity index (χ0v) is 21.2. The van der Waals surface area contributed by atoms with Crippen LogP contribution in [0.5, 0.6) is 0 Å². The van der Waals surface area contributed by atoms with E-state index in [9.17, 15) is 9.59 Å². The Labute approximate surface area is 207 Å². The van der Waals surface area contributed by atoms with Gasteiger partial charge in [0.2, 0.25) is 0 Å². The van der Waals surface area contributed by atoms with Crippen LogP contribution in [0.25, 0.3) is 5.00 Å². The predicted octanol–water partition coefficient (Wildman–Crippen LogP) is 5.01. The Bertz CT molecular complexity index is 1190. The van der Waals surface area contributed by atoms with Crippen LogP contribution in [-0.2, 0) is 37.1 Å². The monoisotopic (exact) mass is 498 g/mol. The number of ether oxygens (including phenoxy) is 1. The summed E-state index contributed by atoms with van der Waals surface area (Å²) in [4.78, 5) is 28.4. The van der Waals surface area contributed by atoms with E-state index in [1.807, 2.05) is 38.4 Å². The first kappa shape index (κ1) is 23.1. The van der Waals surface area contributed by atoms with Gasteiger partial charge in [-0.15, -0.1) is 22.7 Å². The number of amides is 2. The van der Waals surface area contributed by atoms with Crippen LogP contribution in [0.3, 0.4) is 0 Å². The van der Waals surface area contributed by atoms with E-state index < -0.39 is 0 Å². The van der Waals surface area contributed by atoms with Gasteiger partial charge in [-0.3, -0.25) is 5.32 Å². The summed E-state index contributed by atoms with van der Waals surface area (Å²) in [5.74, 6) is -0.348. The predicted molar refractivity (Wildman–Crippen MR) is 136 cm³/mol. The number of carbonyl (C=O) groups excluding carboxylic acids is 2. The fourth-order valence-electron chi connectivity index (χ4n) is 4.71. The van der Waals surface area contributed by atoms with E-state index in [0.29, 0.717) is 17.1 Å². The first-order chi connectivity index (χ1) is 16.5. The van der Waals surface area contributed by atoms with Gasteiger partial charge < -0.3 is 19.9 Å². The smallest absolute Gasteiger partial charge is 0.341 e. The average molecular weight is 499 g/mol. The second-order valence-corrected chi connectivity index (χ2v) is 11.2. The fourth-order valence-corrected chi connectivity index (χ4v) is 7.28. The van der Waals surface area contributed by atoms with Crippen LogP contribution in [0.4, 0.5) is 9.80 Å². The van der Waals surface area contributed by atoms with E-state index in [-0.39, 0.29) is 18.1 Å². The van der Waals surface area contributed by atoms with Crippen molar-refractivity contribution in [2.24, 2.45) is 0 Å². The number of rotatable bonds is 6. The van der Waals surface area contributed by atoms with Gasteiger partial charge in [-0.25, -0.2) is 9.59 Å². The molecular weight excluding hydrogens is 468 g/mol. The van der Waals surface area contributed by atoms with Crippen LogP contribution in [0, 0.1) is 0 Å². The van der Waals surface area contributed by atoms with Crippen molar-refractivity contribution in [1.29, 1.82) is 0 Å². The Morgan fingerprint density at radius 3 is 2.68 bits per heavy atom. The molecule has 1 aliphatic carbocycles. The Morgan fingerprint density at radius 1 is 1.09 bits per heavy atom. The van der Waals surface area contributed by atoms with Gasteiger partial charge in [-0.1, -0.05) is 0 Å². The third-order valence-corrected chi connectivity index (χ3v) is 8.72. The molecule has 4 heterocycles. The Balaban J connectivity index is 1.36. The van der Waals surface area contributed by atoms with Crippen molar-refractivity contribution >= 4 is 39.7 Å². The molecule has 3 aromatic heterocycles. The number of nitrogens with zero attached hydrogens (tertiary/aromatic N) is 1. The highest BCUT2D eigenvalue weighted by molar-refractivity contribution is 7.17. The summed E-state index contributed by atoms with van der Waals surface area (Å²) in [5, 5.41) is 11.2. The zero-order valence-electron chi connectivity index (χ0n) is 19.5. The Morgan fingerprint density at radius 2 is 1.88 bits per heavy atom. The van der Waals surface area contributed by atoms with E-state index in [0.717, 1.165) is 61.3 Å². The molecule has 3 N–H and O–H groups in total. The summed E-state index contributed by atoms with van der Waals surface area (Å²) in [6.45, 7) is 5.92. The molecule has 2 amide bonds. The van der Waals surface area contributed by atoms with Crippen molar-refractivity contribution in [1.82, 2.24) is 15.2 Å². The second-order valence-electron chi connectivity index (χ2n) is 8.98. The standard InChI is InChI=1S/C25H30N4O3S2/c1-15(2)32-24(30)21-17-7-3-4-8-19(17)33-22(21)28-25(31)27-13-18-16-9-10-26-14-20(16)34-23(18)29-11-5-6-12-29/h5-6,11-12,15,26H,3-4,7-10,13-14H2,1-2H3,(H2,27,28,31). The van der Waals surface area contributed by atoms with Crippen molar-refractivity contribution in [2.75, 3.05) is 11.9 Å². The third-order valence-electron chi connectivity index (χ3n) is 6.23. The molecule has 0 aromatic carbocycles. The number of hydrogen-bond donors (Lipinski definition) is 3. The highest BCUT2D eigenvalue weighted by atomic mass is 32.1. The molecule has 0 unspecified atom stereocenters. The maximum absolute atomic E-state index is 13.0. The molecule has 3 aromatic rings. The maximum atomic E-state index is 13.0. The SMILES string of the molecule is CC(C)OC(=O)c1c(NC(=O)NCc2c(-n3cccc3)sc3c2CCNC3)sc2c1CCCC2. The molecule has 9 heteroatoms. The molecule has 7 nitrogen and oxygen atoms in total. The lowest BCUT2D eigenvalue weighted by Crippen LogP contribution is -2.30. The number of esters is 1. The number of fused-ring (bicyclic) bond motifs is 2. The first-order valence-electron chi connectivity index (χ1n) is 11.9. The minimum Gasteiger partial charge on any atom is -0.459 e. The molecule has 0 saturated carbocycles. The summed E-state index contributed by atoms with van der Waals surface area (Å²) in [6.07, 6.45) is 8.78. The molecular formula is C25H30N4O3S2. The molecule has 0 atom stereocenters. The molecule has 5 rings (SSSR count). The van der Waals surface area contributed by atoms with Gasteiger partial charge in [-0.2, -0.15) is 0 Å². The third kappa shape index (κ3) is 4.64. The number of aromatic nitrogens is 1. The van der Waals surface area contributed by atoms with Crippen LogP contribution in [0.15, 0.2) is 24.5 Å². The van der Waals surface area contributed by atoms with E-state index in [1.54, 1.807) is 11.3 Å². The fraction of sp³-hybridized carbons (Fsp3) is 0.440. The van der Waals surface area contributed by atoms with Crippen LogP contribution < -0.4 is 16.0 Å². The highest BCUT2D eigenvalue weighted by Crippen LogP contribution is 2.39. The number of urea groups is 1. The van der Waals surface area contributed by atoms with E-state index in [1.165, 1.54) is 26.7 Å². The number of carbonyl (C=O) groups is 2. The van der Waals surface area contributed by atoms with E-state index in [2.05, 4.69) is 20.5 Å².